The highest BCUT2D eigenvalue weighted by Gasteiger charge is 2.39. The van der Waals surface area contributed by atoms with Crippen molar-refractivity contribution in [2.45, 2.75) is 19.0 Å². The Morgan fingerprint density at radius 1 is 1.77 bits per heavy atom. The third-order valence-corrected chi connectivity index (χ3v) is 3.35. The summed E-state index contributed by atoms with van der Waals surface area (Å²) in [7, 11) is 0. The van der Waals surface area contributed by atoms with Crippen molar-refractivity contribution in [2.75, 3.05) is 13.1 Å². The molecule has 1 aromatic rings. The van der Waals surface area contributed by atoms with Crippen molar-refractivity contribution in [3.05, 3.63) is 16.6 Å². The largest absolute Gasteiger partial charge is 0.316 e. The zero-order valence-electron chi connectivity index (χ0n) is 7.59. The van der Waals surface area contributed by atoms with Crippen molar-refractivity contribution < 1.29 is 4.39 Å². The third-order valence-electron chi connectivity index (χ3n) is 2.76. The Bertz CT molecular complexity index is 265. The van der Waals surface area contributed by atoms with Crippen molar-refractivity contribution in [2.24, 2.45) is 5.92 Å². The number of rotatable bonds is 2. The van der Waals surface area contributed by atoms with Gasteiger partial charge in [0.1, 0.15) is 0 Å². The normalized spacial score (nSPS) is 27.4. The molecular weight excluding hydrogens is 187 g/mol. The van der Waals surface area contributed by atoms with Gasteiger partial charge in [-0.25, -0.2) is 9.37 Å². The number of aromatic nitrogens is 1. The summed E-state index contributed by atoms with van der Waals surface area (Å²) in [6, 6.07) is 0. The SMILES string of the molecule is CC(F)(c1cscn1)C1CCNC1. The summed E-state index contributed by atoms with van der Waals surface area (Å²) in [6.45, 7) is 3.33. The van der Waals surface area contributed by atoms with E-state index >= 15 is 0 Å². The van der Waals surface area contributed by atoms with E-state index in [-0.39, 0.29) is 5.92 Å². The van der Waals surface area contributed by atoms with Crippen LogP contribution >= 0.6 is 11.3 Å². The molecule has 1 aromatic heterocycles. The van der Waals surface area contributed by atoms with Gasteiger partial charge in [-0.3, -0.25) is 0 Å². The van der Waals surface area contributed by atoms with Crippen molar-refractivity contribution in [1.82, 2.24) is 10.3 Å². The summed E-state index contributed by atoms with van der Waals surface area (Å²) in [6.07, 6.45) is 0.907. The van der Waals surface area contributed by atoms with Gasteiger partial charge in [-0.1, -0.05) is 0 Å². The first-order valence-corrected chi connectivity index (χ1v) is 5.44. The van der Waals surface area contributed by atoms with E-state index in [1.54, 1.807) is 17.8 Å². The zero-order valence-corrected chi connectivity index (χ0v) is 8.40. The molecule has 1 saturated heterocycles. The molecule has 4 heteroatoms. The summed E-state index contributed by atoms with van der Waals surface area (Å²) in [5, 5.41) is 4.98. The van der Waals surface area contributed by atoms with Gasteiger partial charge >= 0.3 is 0 Å². The number of hydrogen-bond acceptors (Lipinski definition) is 3. The van der Waals surface area contributed by atoms with Crippen LogP contribution in [0.4, 0.5) is 4.39 Å². The molecule has 0 saturated carbocycles. The van der Waals surface area contributed by atoms with Crippen LogP contribution in [0.3, 0.4) is 0 Å². The second-order valence-electron chi connectivity index (χ2n) is 3.64. The van der Waals surface area contributed by atoms with Gasteiger partial charge in [-0.15, -0.1) is 11.3 Å². The molecule has 0 aromatic carbocycles. The maximum atomic E-state index is 14.3. The van der Waals surface area contributed by atoms with E-state index in [2.05, 4.69) is 10.3 Å². The summed E-state index contributed by atoms with van der Waals surface area (Å²) >= 11 is 1.45. The Hall–Kier alpha value is -0.480. The molecule has 0 bridgehead atoms. The predicted octanol–water partition coefficient (Wildman–Crippen LogP) is 1.94. The lowest BCUT2D eigenvalue weighted by Crippen LogP contribution is -2.29. The number of nitrogens with zero attached hydrogens (tertiary/aromatic N) is 1. The predicted molar refractivity (Wildman–Crippen MR) is 51.6 cm³/mol. The molecule has 0 amide bonds. The van der Waals surface area contributed by atoms with Gasteiger partial charge in [0.05, 0.1) is 11.2 Å². The quantitative estimate of drug-likeness (QED) is 0.789. The first-order chi connectivity index (χ1) is 6.21. The van der Waals surface area contributed by atoms with Crippen molar-refractivity contribution >= 4 is 11.3 Å². The first-order valence-electron chi connectivity index (χ1n) is 4.49. The number of hydrogen-bond donors (Lipinski definition) is 1. The highest BCUT2D eigenvalue weighted by Crippen LogP contribution is 2.36. The van der Waals surface area contributed by atoms with Crippen LogP contribution in [-0.4, -0.2) is 18.1 Å². The van der Waals surface area contributed by atoms with Crippen LogP contribution in [0.25, 0.3) is 0 Å². The molecule has 2 nitrogen and oxygen atoms in total. The van der Waals surface area contributed by atoms with Crippen molar-refractivity contribution in [1.29, 1.82) is 0 Å². The number of thiazole rings is 1. The van der Waals surface area contributed by atoms with Crippen LogP contribution in [0.1, 0.15) is 19.0 Å². The fourth-order valence-electron chi connectivity index (χ4n) is 1.78. The standard InChI is InChI=1S/C9H13FN2S/c1-9(10,7-2-3-11-4-7)8-5-13-6-12-8/h5-7,11H,2-4H2,1H3. The van der Waals surface area contributed by atoms with Crippen molar-refractivity contribution in [3.8, 4) is 0 Å². The average molecular weight is 200 g/mol. The maximum absolute atomic E-state index is 14.3. The average Bonchev–Trinajstić information content (AvgIpc) is 2.78. The molecule has 2 rings (SSSR count). The van der Waals surface area contributed by atoms with E-state index in [0.29, 0.717) is 5.69 Å². The minimum Gasteiger partial charge on any atom is -0.316 e. The number of halogens is 1. The molecule has 1 aliphatic rings. The van der Waals surface area contributed by atoms with Crippen LogP contribution in [0.2, 0.25) is 0 Å². The molecule has 1 fully saturated rings. The van der Waals surface area contributed by atoms with E-state index in [4.69, 9.17) is 0 Å². The Labute approximate surface area is 81.2 Å². The molecule has 0 spiro atoms. The maximum Gasteiger partial charge on any atom is 0.154 e. The Morgan fingerprint density at radius 3 is 3.15 bits per heavy atom. The van der Waals surface area contributed by atoms with Crippen LogP contribution in [0.15, 0.2) is 10.9 Å². The van der Waals surface area contributed by atoms with Gasteiger partial charge in [0.15, 0.2) is 5.67 Å². The van der Waals surface area contributed by atoms with Crippen LogP contribution < -0.4 is 5.32 Å². The van der Waals surface area contributed by atoms with Gasteiger partial charge in [-0.05, 0) is 19.9 Å². The van der Waals surface area contributed by atoms with E-state index in [1.165, 1.54) is 11.3 Å². The van der Waals surface area contributed by atoms with E-state index < -0.39 is 5.67 Å². The van der Waals surface area contributed by atoms with Crippen LogP contribution in [0.5, 0.6) is 0 Å². The molecule has 13 heavy (non-hydrogen) atoms. The molecule has 0 radical (unpaired) electrons. The second kappa shape index (κ2) is 3.35. The van der Waals surface area contributed by atoms with Gasteiger partial charge in [0.25, 0.3) is 0 Å². The molecule has 1 N–H and O–H groups in total. The van der Waals surface area contributed by atoms with Gasteiger partial charge in [-0.2, -0.15) is 0 Å². The van der Waals surface area contributed by atoms with E-state index in [9.17, 15) is 4.39 Å². The second-order valence-corrected chi connectivity index (χ2v) is 4.36. The Kier molecular flexibility index (Phi) is 2.34. The zero-order chi connectivity index (χ0) is 9.31. The monoisotopic (exact) mass is 200 g/mol. The van der Waals surface area contributed by atoms with E-state index in [1.807, 2.05) is 0 Å². The van der Waals surface area contributed by atoms with Gasteiger partial charge < -0.3 is 5.32 Å². The number of alkyl halides is 1. The lowest BCUT2D eigenvalue weighted by Gasteiger charge is -2.24. The first kappa shape index (κ1) is 9.09. The molecule has 1 aliphatic heterocycles. The lowest BCUT2D eigenvalue weighted by atomic mass is 9.88. The summed E-state index contributed by atoms with van der Waals surface area (Å²) < 4.78 is 14.3. The highest BCUT2D eigenvalue weighted by molar-refractivity contribution is 7.07. The molecule has 2 unspecified atom stereocenters. The molecular formula is C9H13FN2S. The molecule has 72 valence electrons. The highest BCUT2D eigenvalue weighted by atomic mass is 32.1. The molecule has 2 atom stereocenters. The summed E-state index contributed by atoms with van der Waals surface area (Å²) in [5.41, 5.74) is 1.02. The molecule has 0 aliphatic carbocycles. The Balaban J connectivity index is 2.19. The third kappa shape index (κ3) is 1.60. The minimum atomic E-state index is -1.26. The summed E-state index contributed by atoms with van der Waals surface area (Å²) in [4.78, 5) is 4.05. The Morgan fingerprint density at radius 2 is 2.62 bits per heavy atom. The van der Waals surface area contributed by atoms with Crippen LogP contribution in [0, 0.1) is 5.92 Å². The lowest BCUT2D eigenvalue weighted by molar-refractivity contribution is 0.108. The number of nitrogens with one attached hydrogen (secondary N) is 1. The van der Waals surface area contributed by atoms with Crippen molar-refractivity contribution in [3.63, 3.8) is 0 Å². The fourth-order valence-corrected chi connectivity index (χ4v) is 2.44. The topological polar surface area (TPSA) is 24.9 Å². The smallest absolute Gasteiger partial charge is 0.154 e. The summed E-state index contributed by atoms with van der Waals surface area (Å²) in [5.74, 6) is 0.0783. The van der Waals surface area contributed by atoms with Gasteiger partial charge in [0, 0.05) is 17.8 Å². The van der Waals surface area contributed by atoms with E-state index in [0.717, 1.165) is 19.5 Å². The van der Waals surface area contributed by atoms with Gasteiger partial charge in [0.2, 0.25) is 0 Å². The minimum absolute atomic E-state index is 0.0783. The van der Waals surface area contributed by atoms with Crippen LogP contribution in [-0.2, 0) is 5.67 Å². The fraction of sp³-hybridized carbons (Fsp3) is 0.667. The molecule has 2 heterocycles.